The van der Waals surface area contributed by atoms with Crippen molar-refractivity contribution in [3.05, 3.63) is 35.5 Å². The average molecular weight is 296 g/mol. The van der Waals surface area contributed by atoms with Crippen molar-refractivity contribution in [3.8, 4) is 0 Å². The fourth-order valence-electron chi connectivity index (χ4n) is 5.64. The third-order valence-corrected chi connectivity index (χ3v) is 6.56. The molecule has 1 unspecified atom stereocenters. The van der Waals surface area contributed by atoms with Crippen LogP contribution in [0.1, 0.15) is 43.4 Å². The maximum absolute atomic E-state index is 10.7. The Kier molecular flexibility index (Phi) is 2.74. The van der Waals surface area contributed by atoms with E-state index < -0.39 is 0 Å². The first kappa shape index (κ1) is 13.1. The van der Waals surface area contributed by atoms with Crippen LogP contribution in [0.3, 0.4) is 0 Å². The number of benzene rings is 1. The number of fused-ring (bicyclic) bond motifs is 4. The minimum Gasteiger partial charge on any atom is -0.378 e. The standard InChI is InChI=1S/C19H24N2O/c1-2-11-9-12-10-15-17-14(7-8-21(18(11)15)19(12)22)13-5-3-4-6-16(13)20-17/h3-6,11-12,15,18-20,22H,2,7-10H2,1H3/t11-,12+,15-,18-,19-/m0/s1. The van der Waals surface area contributed by atoms with Gasteiger partial charge in [0.1, 0.15) is 6.23 Å². The van der Waals surface area contributed by atoms with Crippen molar-refractivity contribution in [2.45, 2.75) is 50.8 Å². The van der Waals surface area contributed by atoms with Crippen molar-refractivity contribution in [1.82, 2.24) is 9.88 Å². The molecule has 1 aromatic heterocycles. The highest BCUT2D eigenvalue weighted by Crippen LogP contribution is 2.52. The molecule has 3 aliphatic heterocycles. The number of aromatic amines is 1. The van der Waals surface area contributed by atoms with Crippen LogP contribution < -0.4 is 0 Å². The van der Waals surface area contributed by atoms with Crippen LogP contribution in [0.2, 0.25) is 0 Å². The number of aromatic nitrogens is 1. The topological polar surface area (TPSA) is 39.3 Å². The minimum absolute atomic E-state index is 0.209. The Bertz CT molecular complexity index is 721. The van der Waals surface area contributed by atoms with Crippen molar-refractivity contribution >= 4 is 10.9 Å². The fourth-order valence-corrected chi connectivity index (χ4v) is 5.64. The summed E-state index contributed by atoms with van der Waals surface area (Å²) in [4.78, 5) is 6.18. The highest BCUT2D eigenvalue weighted by molar-refractivity contribution is 5.85. The van der Waals surface area contributed by atoms with Crippen molar-refractivity contribution in [2.75, 3.05) is 6.54 Å². The molecular formula is C19H24N2O. The molecule has 3 fully saturated rings. The van der Waals surface area contributed by atoms with Gasteiger partial charge in [-0.15, -0.1) is 0 Å². The van der Waals surface area contributed by atoms with Gasteiger partial charge in [0, 0.05) is 35.1 Å². The van der Waals surface area contributed by atoms with Crippen molar-refractivity contribution in [1.29, 1.82) is 0 Å². The molecule has 2 saturated heterocycles. The Morgan fingerprint density at radius 2 is 2.14 bits per heavy atom. The number of nitrogens with zero attached hydrogens (tertiary/aromatic N) is 1. The molecule has 3 heteroatoms. The van der Waals surface area contributed by atoms with E-state index in [0.29, 0.717) is 17.9 Å². The normalized spacial score (nSPS) is 39.7. The van der Waals surface area contributed by atoms with Crippen LogP contribution >= 0.6 is 0 Å². The molecule has 4 aliphatic rings. The smallest absolute Gasteiger partial charge is 0.110 e. The summed E-state index contributed by atoms with van der Waals surface area (Å²) in [6.45, 7) is 3.32. The fraction of sp³-hybridized carbons (Fsp3) is 0.579. The highest BCUT2D eigenvalue weighted by atomic mass is 16.3. The first-order valence-electron chi connectivity index (χ1n) is 8.81. The molecule has 0 spiro atoms. The predicted octanol–water partition coefficient (Wildman–Crippen LogP) is 3.25. The molecule has 2 aromatic rings. The van der Waals surface area contributed by atoms with Crippen molar-refractivity contribution < 1.29 is 5.11 Å². The summed E-state index contributed by atoms with van der Waals surface area (Å²) < 4.78 is 0. The molecule has 3 nitrogen and oxygen atoms in total. The molecule has 2 N–H and O–H groups in total. The molecule has 1 saturated carbocycles. The second-order valence-electron chi connectivity index (χ2n) is 7.46. The number of aliphatic hydroxyl groups is 1. The molecule has 22 heavy (non-hydrogen) atoms. The van der Waals surface area contributed by atoms with Crippen LogP contribution in [0.25, 0.3) is 10.9 Å². The SMILES string of the molecule is CC[C@H]1C[C@@H]2C[C@H]3c4[nH]c5ccccc5c4CCN([C@@H]13)[C@H]2O. The maximum Gasteiger partial charge on any atom is 0.110 e. The third-order valence-electron chi connectivity index (χ3n) is 6.56. The first-order valence-corrected chi connectivity index (χ1v) is 8.81. The molecular weight excluding hydrogens is 272 g/mol. The molecule has 1 aliphatic carbocycles. The van der Waals surface area contributed by atoms with Gasteiger partial charge in [0.25, 0.3) is 0 Å². The summed E-state index contributed by atoms with van der Waals surface area (Å²) in [5.74, 6) is 1.78. The van der Waals surface area contributed by atoms with Crippen LogP contribution in [0.4, 0.5) is 0 Å². The second-order valence-corrected chi connectivity index (χ2v) is 7.46. The van der Waals surface area contributed by atoms with Gasteiger partial charge in [-0.05, 0) is 42.7 Å². The number of nitrogens with one attached hydrogen (secondary N) is 1. The van der Waals surface area contributed by atoms with Gasteiger partial charge in [0.05, 0.1) is 0 Å². The Morgan fingerprint density at radius 3 is 3.00 bits per heavy atom. The number of piperidine rings is 2. The van der Waals surface area contributed by atoms with E-state index in [1.165, 1.54) is 35.0 Å². The summed E-state index contributed by atoms with van der Waals surface area (Å²) in [7, 11) is 0. The number of rotatable bonds is 1. The molecule has 116 valence electrons. The lowest BCUT2D eigenvalue weighted by atomic mass is 9.64. The molecule has 0 amide bonds. The number of hydrogen-bond donors (Lipinski definition) is 2. The Morgan fingerprint density at radius 1 is 1.27 bits per heavy atom. The van der Waals surface area contributed by atoms with Crippen LogP contribution in [-0.2, 0) is 6.42 Å². The Hall–Kier alpha value is -1.32. The molecule has 4 bridgehead atoms. The summed E-state index contributed by atoms with van der Waals surface area (Å²) in [5, 5.41) is 12.1. The molecule has 4 heterocycles. The lowest BCUT2D eigenvalue weighted by molar-refractivity contribution is -0.156. The van der Waals surface area contributed by atoms with Gasteiger partial charge in [0.15, 0.2) is 0 Å². The van der Waals surface area contributed by atoms with Crippen LogP contribution in [0, 0.1) is 11.8 Å². The van der Waals surface area contributed by atoms with Gasteiger partial charge in [-0.2, -0.15) is 0 Å². The largest absolute Gasteiger partial charge is 0.378 e. The number of aliphatic hydroxyl groups excluding tert-OH is 1. The zero-order chi connectivity index (χ0) is 14.8. The van der Waals surface area contributed by atoms with Gasteiger partial charge < -0.3 is 10.1 Å². The van der Waals surface area contributed by atoms with E-state index in [4.69, 9.17) is 0 Å². The summed E-state index contributed by atoms with van der Waals surface area (Å²) >= 11 is 0. The monoisotopic (exact) mass is 296 g/mol. The molecule has 6 rings (SSSR count). The molecule has 6 atom stereocenters. The maximum atomic E-state index is 10.7. The first-order chi connectivity index (χ1) is 10.8. The van der Waals surface area contributed by atoms with Crippen molar-refractivity contribution in [2.24, 2.45) is 11.8 Å². The van der Waals surface area contributed by atoms with Gasteiger partial charge in [0.2, 0.25) is 0 Å². The summed E-state index contributed by atoms with van der Waals surface area (Å²) in [6.07, 6.45) is 4.45. The van der Waals surface area contributed by atoms with E-state index in [1.807, 2.05) is 0 Å². The Balaban J connectivity index is 1.69. The van der Waals surface area contributed by atoms with Gasteiger partial charge in [-0.3, -0.25) is 4.90 Å². The van der Waals surface area contributed by atoms with Crippen molar-refractivity contribution in [3.63, 3.8) is 0 Å². The second kappa shape index (κ2) is 4.59. The van der Waals surface area contributed by atoms with E-state index in [1.54, 1.807) is 0 Å². The van der Waals surface area contributed by atoms with Crippen LogP contribution in [0.15, 0.2) is 24.3 Å². The van der Waals surface area contributed by atoms with E-state index in [2.05, 4.69) is 41.1 Å². The average Bonchev–Trinajstić information content (AvgIpc) is 2.86. The van der Waals surface area contributed by atoms with E-state index in [0.717, 1.165) is 25.3 Å². The zero-order valence-electron chi connectivity index (χ0n) is 13.1. The highest BCUT2D eigenvalue weighted by Gasteiger charge is 2.52. The Labute approximate surface area is 131 Å². The number of para-hydroxylation sites is 1. The quantitative estimate of drug-likeness (QED) is 0.848. The number of H-pyrrole nitrogens is 1. The van der Waals surface area contributed by atoms with Gasteiger partial charge >= 0.3 is 0 Å². The van der Waals surface area contributed by atoms with Crippen LogP contribution in [0.5, 0.6) is 0 Å². The van der Waals surface area contributed by atoms with E-state index in [9.17, 15) is 5.11 Å². The van der Waals surface area contributed by atoms with Gasteiger partial charge in [-0.1, -0.05) is 31.5 Å². The van der Waals surface area contributed by atoms with E-state index in [-0.39, 0.29) is 6.23 Å². The summed E-state index contributed by atoms with van der Waals surface area (Å²) in [5.41, 5.74) is 4.28. The van der Waals surface area contributed by atoms with E-state index >= 15 is 0 Å². The minimum atomic E-state index is -0.209. The zero-order valence-corrected chi connectivity index (χ0v) is 13.1. The lowest BCUT2D eigenvalue weighted by Gasteiger charge is -2.55. The van der Waals surface area contributed by atoms with Crippen LogP contribution in [-0.4, -0.2) is 33.8 Å². The third kappa shape index (κ3) is 1.59. The lowest BCUT2D eigenvalue weighted by Crippen LogP contribution is -2.61. The number of hydrogen-bond acceptors (Lipinski definition) is 2. The summed E-state index contributed by atoms with van der Waals surface area (Å²) in [6, 6.07) is 9.25. The molecule has 0 radical (unpaired) electrons. The molecule has 1 aromatic carbocycles. The van der Waals surface area contributed by atoms with Gasteiger partial charge in [-0.25, -0.2) is 0 Å². The predicted molar refractivity (Wildman–Crippen MR) is 87.7 cm³/mol.